The molecule has 0 bridgehead atoms. The molecule has 150 valence electrons. The Hall–Kier alpha value is -3.25. The zero-order valence-corrected chi connectivity index (χ0v) is 16.7. The van der Waals surface area contributed by atoms with Gasteiger partial charge in [-0.3, -0.25) is 10.1 Å². The van der Waals surface area contributed by atoms with E-state index in [4.69, 9.17) is 21.1 Å². The van der Waals surface area contributed by atoms with Crippen LogP contribution in [0.3, 0.4) is 0 Å². The number of anilines is 1. The van der Waals surface area contributed by atoms with Gasteiger partial charge in [0.25, 0.3) is 5.69 Å². The van der Waals surface area contributed by atoms with Crippen LogP contribution >= 0.6 is 11.6 Å². The van der Waals surface area contributed by atoms with E-state index >= 15 is 0 Å². The van der Waals surface area contributed by atoms with Crippen LogP contribution in [-0.4, -0.2) is 11.5 Å². The summed E-state index contributed by atoms with van der Waals surface area (Å²) in [6.07, 6.45) is 0. The van der Waals surface area contributed by atoms with E-state index in [9.17, 15) is 10.1 Å². The molecule has 0 saturated heterocycles. The molecule has 0 saturated carbocycles. The molecule has 3 aromatic carbocycles. The smallest absolute Gasteiger partial charge is 0.269 e. The summed E-state index contributed by atoms with van der Waals surface area (Å²) >= 11 is 6.47. The second-order valence-corrected chi connectivity index (χ2v) is 6.68. The van der Waals surface area contributed by atoms with E-state index in [2.05, 4.69) is 5.32 Å². The number of nitrogens with zero attached hydrogens (tertiary/aromatic N) is 1. The quantitative estimate of drug-likeness (QED) is 0.353. The van der Waals surface area contributed by atoms with Gasteiger partial charge in [0.2, 0.25) is 0 Å². The minimum Gasteiger partial charge on any atom is -0.490 e. The van der Waals surface area contributed by atoms with Gasteiger partial charge >= 0.3 is 0 Å². The summed E-state index contributed by atoms with van der Waals surface area (Å²) < 4.78 is 11.6. The number of nitro benzene ring substituents is 1. The first-order chi connectivity index (χ1) is 14.1. The Morgan fingerprint density at radius 3 is 2.38 bits per heavy atom. The predicted molar refractivity (Wildman–Crippen MR) is 114 cm³/mol. The Bertz CT molecular complexity index is 963. The summed E-state index contributed by atoms with van der Waals surface area (Å²) in [5.41, 5.74) is 2.77. The molecule has 0 aliphatic rings. The molecule has 7 heteroatoms. The molecule has 0 aliphatic carbocycles. The third kappa shape index (κ3) is 5.62. The van der Waals surface area contributed by atoms with Crippen LogP contribution in [0, 0.1) is 10.1 Å². The Morgan fingerprint density at radius 1 is 1.00 bits per heavy atom. The molecule has 1 N–H and O–H groups in total. The highest BCUT2D eigenvalue weighted by Crippen LogP contribution is 2.37. The lowest BCUT2D eigenvalue weighted by Gasteiger charge is -2.16. The summed E-state index contributed by atoms with van der Waals surface area (Å²) in [6.45, 7) is 3.26. The maximum absolute atomic E-state index is 10.7. The first-order valence-electron chi connectivity index (χ1n) is 9.17. The Balaban J connectivity index is 1.71. The molecular formula is C22H21ClN2O4. The molecule has 0 aliphatic heterocycles. The molecule has 3 aromatic rings. The number of non-ortho nitro benzene ring substituents is 1. The lowest BCUT2D eigenvalue weighted by atomic mass is 10.2. The molecule has 0 fully saturated rings. The fraction of sp³-hybridized carbons (Fsp3) is 0.182. The third-order valence-electron chi connectivity index (χ3n) is 4.17. The number of nitro groups is 1. The Labute approximate surface area is 174 Å². The monoisotopic (exact) mass is 412 g/mol. The van der Waals surface area contributed by atoms with Crippen LogP contribution in [0.1, 0.15) is 18.1 Å². The predicted octanol–water partition coefficient (Wildman–Crippen LogP) is 5.84. The van der Waals surface area contributed by atoms with Crippen LogP contribution in [-0.2, 0) is 13.2 Å². The molecule has 0 radical (unpaired) electrons. The third-order valence-corrected chi connectivity index (χ3v) is 4.45. The van der Waals surface area contributed by atoms with E-state index in [1.54, 1.807) is 12.1 Å². The number of halogens is 1. The summed E-state index contributed by atoms with van der Waals surface area (Å²) in [4.78, 5) is 10.3. The molecule has 0 amide bonds. The van der Waals surface area contributed by atoms with Crippen molar-refractivity contribution in [2.75, 3.05) is 11.9 Å². The first-order valence-corrected chi connectivity index (χ1v) is 9.55. The van der Waals surface area contributed by atoms with Gasteiger partial charge in [0.1, 0.15) is 6.61 Å². The van der Waals surface area contributed by atoms with Crippen molar-refractivity contribution in [3.05, 3.63) is 93.0 Å². The number of hydrogen-bond acceptors (Lipinski definition) is 5. The number of rotatable bonds is 9. The van der Waals surface area contributed by atoms with E-state index in [1.807, 2.05) is 49.4 Å². The van der Waals surface area contributed by atoms with Crippen LogP contribution in [0.2, 0.25) is 5.02 Å². The lowest BCUT2D eigenvalue weighted by Crippen LogP contribution is -2.04. The maximum atomic E-state index is 10.7. The molecule has 3 rings (SSSR count). The summed E-state index contributed by atoms with van der Waals surface area (Å²) in [6, 6.07) is 19.8. The van der Waals surface area contributed by atoms with Gasteiger partial charge < -0.3 is 14.8 Å². The average molecular weight is 413 g/mol. The van der Waals surface area contributed by atoms with Gasteiger partial charge in [0, 0.05) is 24.4 Å². The van der Waals surface area contributed by atoms with Crippen molar-refractivity contribution in [3.63, 3.8) is 0 Å². The van der Waals surface area contributed by atoms with Crippen LogP contribution in [0.4, 0.5) is 11.4 Å². The highest BCUT2D eigenvalue weighted by atomic mass is 35.5. The van der Waals surface area contributed by atoms with Crippen molar-refractivity contribution in [3.8, 4) is 11.5 Å². The summed E-state index contributed by atoms with van der Waals surface area (Å²) in [5, 5.41) is 14.4. The minimum atomic E-state index is -0.425. The van der Waals surface area contributed by atoms with Gasteiger partial charge in [-0.05, 0) is 42.3 Å². The summed E-state index contributed by atoms with van der Waals surface area (Å²) in [7, 11) is 0. The van der Waals surface area contributed by atoms with Crippen molar-refractivity contribution in [2.45, 2.75) is 20.1 Å². The van der Waals surface area contributed by atoms with Crippen LogP contribution in [0.5, 0.6) is 11.5 Å². The van der Waals surface area contributed by atoms with Gasteiger partial charge in [0.15, 0.2) is 11.5 Å². The van der Waals surface area contributed by atoms with Gasteiger partial charge in [0.05, 0.1) is 16.6 Å². The van der Waals surface area contributed by atoms with Crippen LogP contribution in [0.15, 0.2) is 66.7 Å². The van der Waals surface area contributed by atoms with Crippen molar-refractivity contribution < 1.29 is 14.4 Å². The molecule has 6 nitrogen and oxygen atoms in total. The van der Waals surface area contributed by atoms with E-state index in [0.29, 0.717) is 36.3 Å². The average Bonchev–Trinajstić information content (AvgIpc) is 2.73. The van der Waals surface area contributed by atoms with Gasteiger partial charge in [-0.1, -0.05) is 41.9 Å². The second kappa shape index (κ2) is 9.80. The van der Waals surface area contributed by atoms with E-state index in [0.717, 1.165) is 16.8 Å². The topological polar surface area (TPSA) is 73.6 Å². The zero-order chi connectivity index (χ0) is 20.6. The molecular weight excluding hydrogens is 392 g/mol. The van der Waals surface area contributed by atoms with E-state index in [1.165, 1.54) is 12.1 Å². The Morgan fingerprint density at radius 2 is 1.72 bits per heavy atom. The van der Waals surface area contributed by atoms with E-state index < -0.39 is 4.92 Å². The van der Waals surface area contributed by atoms with Crippen molar-refractivity contribution in [1.29, 1.82) is 0 Å². The lowest BCUT2D eigenvalue weighted by molar-refractivity contribution is -0.384. The molecule has 0 aromatic heterocycles. The number of nitrogens with one attached hydrogen (secondary N) is 1. The molecule has 0 atom stereocenters. The highest BCUT2D eigenvalue weighted by Gasteiger charge is 2.13. The maximum Gasteiger partial charge on any atom is 0.269 e. The van der Waals surface area contributed by atoms with Crippen molar-refractivity contribution in [1.82, 2.24) is 0 Å². The largest absolute Gasteiger partial charge is 0.490 e. The molecule has 0 unspecified atom stereocenters. The zero-order valence-electron chi connectivity index (χ0n) is 15.9. The molecule has 29 heavy (non-hydrogen) atoms. The first kappa shape index (κ1) is 20.5. The Kier molecular flexibility index (Phi) is 6.92. The van der Waals surface area contributed by atoms with Gasteiger partial charge in [-0.2, -0.15) is 0 Å². The number of hydrogen-bond donors (Lipinski definition) is 1. The fourth-order valence-electron chi connectivity index (χ4n) is 2.76. The van der Waals surface area contributed by atoms with Crippen LogP contribution in [0.25, 0.3) is 0 Å². The van der Waals surface area contributed by atoms with Gasteiger partial charge in [-0.25, -0.2) is 0 Å². The number of benzene rings is 3. The SMILES string of the molecule is CCOc1cc(CNc2ccc([N+](=O)[O-])cc2)cc(Cl)c1OCc1ccccc1. The second-order valence-electron chi connectivity index (χ2n) is 6.27. The standard InChI is InChI=1S/C22H21ClN2O4/c1-2-28-21-13-17(14-24-18-8-10-19(11-9-18)25(26)27)12-20(23)22(21)29-15-16-6-4-3-5-7-16/h3-13,24H,2,14-15H2,1H3. The highest BCUT2D eigenvalue weighted by molar-refractivity contribution is 6.32. The molecule has 0 spiro atoms. The summed E-state index contributed by atoms with van der Waals surface area (Å²) in [5.74, 6) is 1.09. The number of ether oxygens (including phenoxy) is 2. The van der Waals surface area contributed by atoms with Crippen LogP contribution < -0.4 is 14.8 Å². The normalized spacial score (nSPS) is 10.4. The van der Waals surface area contributed by atoms with E-state index in [-0.39, 0.29) is 5.69 Å². The molecule has 0 heterocycles. The van der Waals surface area contributed by atoms with Crippen molar-refractivity contribution >= 4 is 23.0 Å². The minimum absolute atomic E-state index is 0.0529. The van der Waals surface area contributed by atoms with Gasteiger partial charge in [-0.15, -0.1) is 0 Å². The fourth-order valence-corrected chi connectivity index (χ4v) is 3.05. The van der Waals surface area contributed by atoms with Crippen molar-refractivity contribution in [2.24, 2.45) is 0 Å².